The van der Waals surface area contributed by atoms with Gasteiger partial charge in [-0.05, 0) is 86.5 Å². The van der Waals surface area contributed by atoms with E-state index in [-0.39, 0.29) is 19.3 Å². The van der Waals surface area contributed by atoms with Gasteiger partial charge < -0.3 is 134 Å². The molecule has 5 aliphatic heterocycles. The summed E-state index contributed by atoms with van der Waals surface area (Å²) in [6.45, 7) is 4.32. The summed E-state index contributed by atoms with van der Waals surface area (Å²) in [6.07, 6.45) is -39.9. The Hall–Kier alpha value is -1.83. The standard InChI is InChI=1S/C50H80O28.CH4/c1-18-11-49-9-5-24-47(2,7-4-8-48(24,3)46(68)77-44-39(34(64)29(59)22(15-54)72-44)75-42-36(66)32(62)27(57)20(13-52)70-42)25(49)6-10-50(18,17-49)78-45-40(76-43-37(67)33(63)28(58)21(14-53)71-43)38(30(60)23(16-55)73-45)74-41-35(65)31(61)26(56)19(12-51)69-41;/h19-45,51-67H,1,4-17H2,2-3H3;1H4/t19?,20?,21?,22?,23?,24?,25-,26?,27?,28?,29?,30?,31?,32?,33?,34?,35?,36?,37?,38?,39?,40?,41?,42?,43?,44?,45?,47+,48+,49+,50?;/m0./s1. The summed E-state index contributed by atoms with van der Waals surface area (Å²) in [5.74, 6) is -1.14. The molecule has 9 aliphatic rings. The van der Waals surface area contributed by atoms with Crippen molar-refractivity contribution >= 4 is 5.97 Å². The highest BCUT2D eigenvalue weighted by Crippen LogP contribution is 2.74. The van der Waals surface area contributed by atoms with Crippen molar-refractivity contribution in [1.29, 1.82) is 0 Å². The zero-order valence-corrected chi connectivity index (χ0v) is 43.3. The number of esters is 1. The summed E-state index contributed by atoms with van der Waals surface area (Å²) in [6, 6.07) is 0. The number of hydrogen-bond acceptors (Lipinski definition) is 28. The quantitative estimate of drug-likeness (QED) is 0.0412. The van der Waals surface area contributed by atoms with E-state index in [9.17, 15) is 91.6 Å². The van der Waals surface area contributed by atoms with Crippen molar-refractivity contribution in [2.45, 2.75) is 238 Å². The molecule has 1 spiro atoms. The Kier molecular flexibility index (Phi) is 19.4. The molecule has 5 saturated heterocycles. The molecule has 0 aromatic rings. The highest BCUT2D eigenvalue weighted by molar-refractivity contribution is 5.77. The van der Waals surface area contributed by atoms with E-state index in [2.05, 4.69) is 13.5 Å². The zero-order chi connectivity index (χ0) is 56.7. The smallest absolute Gasteiger partial charge is 0.314 e. The fourth-order valence-corrected chi connectivity index (χ4v) is 15.0. The number of fused-ring (bicyclic) bond motifs is 3. The van der Waals surface area contributed by atoms with Gasteiger partial charge in [0.1, 0.15) is 116 Å². The Balaban J connectivity index is 0.00000822. The minimum absolute atomic E-state index is 0. The molecule has 79 heavy (non-hydrogen) atoms. The van der Waals surface area contributed by atoms with E-state index in [4.69, 9.17) is 47.4 Å². The Morgan fingerprint density at radius 3 is 1.41 bits per heavy atom. The molecule has 0 amide bonds. The molecule has 4 aliphatic carbocycles. The molecule has 28 heteroatoms. The lowest BCUT2D eigenvalue weighted by molar-refractivity contribution is -0.400. The molecule has 0 radical (unpaired) electrons. The first-order valence-corrected chi connectivity index (χ1v) is 26.9. The van der Waals surface area contributed by atoms with E-state index in [0.717, 1.165) is 0 Å². The first-order chi connectivity index (χ1) is 36.9. The summed E-state index contributed by atoms with van der Waals surface area (Å²) in [5, 5.41) is 181. The average Bonchev–Trinajstić information content (AvgIpc) is 3.75. The van der Waals surface area contributed by atoms with Crippen LogP contribution >= 0.6 is 0 Å². The van der Waals surface area contributed by atoms with Gasteiger partial charge in [-0.2, -0.15) is 0 Å². The van der Waals surface area contributed by atoms with Crippen LogP contribution in [0.5, 0.6) is 0 Å². The van der Waals surface area contributed by atoms with E-state index in [0.29, 0.717) is 63.4 Å². The Bertz CT molecular complexity index is 2070. The number of aliphatic hydroxyl groups excluding tert-OH is 17. The lowest BCUT2D eigenvalue weighted by Gasteiger charge is -2.64. The maximum Gasteiger partial charge on any atom is 0.314 e. The highest BCUT2D eigenvalue weighted by atomic mass is 16.8. The van der Waals surface area contributed by atoms with E-state index in [1.165, 1.54) is 0 Å². The van der Waals surface area contributed by atoms with Gasteiger partial charge in [-0.15, -0.1) is 0 Å². The van der Waals surface area contributed by atoms with Crippen LogP contribution in [0, 0.1) is 28.1 Å². The van der Waals surface area contributed by atoms with Crippen LogP contribution in [-0.4, -0.2) is 285 Å². The summed E-state index contributed by atoms with van der Waals surface area (Å²) >= 11 is 0. The summed E-state index contributed by atoms with van der Waals surface area (Å²) in [7, 11) is 0. The Morgan fingerprint density at radius 2 is 0.911 bits per heavy atom. The van der Waals surface area contributed by atoms with Gasteiger partial charge in [0.2, 0.25) is 6.29 Å². The van der Waals surface area contributed by atoms with Crippen LogP contribution in [0.4, 0.5) is 0 Å². The van der Waals surface area contributed by atoms with Crippen molar-refractivity contribution in [1.82, 2.24) is 0 Å². The average molecular weight is 1150 g/mol. The molecular formula is C51H84O28. The molecule has 0 aromatic carbocycles. The molecule has 5 heterocycles. The molecule has 27 unspecified atom stereocenters. The van der Waals surface area contributed by atoms with Crippen molar-refractivity contribution in [3.63, 3.8) is 0 Å². The van der Waals surface area contributed by atoms with Crippen LogP contribution in [-0.2, 0) is 52.2 Å². The van der Waals surface area contributed by atoms with Crippen molar-refractivity contribution in [2.24, 2.45) is 28.1 Å². The minimum atomic E-state index is -1.99. The lowest BCUT2D eigenvalue weighted by atomic mass is 9.41. The predicted molar refractivity (Wildman–Crippen MR) is 258 cm³/mol. The molecule has 0 aromatic heterocycles. The third-order valence-electron chi connectivity index (χ3n) is 19.2. The number of rotatable bonds is 15. The number of hydrogen-bond donors (Lipinski definition) is 17. The Labute approximate surface area is 455 Å². The predicted octanol–water partition coefficient (Wildman–Crippen LogP) is -6.65. The van der Waals surface area contributed by atoms with Gasteiger partial charge in [0.15, 0.2) is 31.3 Å². The van der Waals surface area contributed by atoms with Gasteiger partial charge in [-0.25, -0.2) is 0 Å². The van der Waals surface area contributed by atoms with Crippen LogP contribution in [0.2, 0.25) is 0 Å². The zero-order valence-electron chi connectivity index (χ0n) is 43.3. The van der Waals surface area contributed by atoms with Gasteiger partial charge in [-0.1, -0.05) is 27.4 Å². The van der Waals surface area contributed by atoms with E-state index < -0.39 is 214 Å². The van der Waals surface area contributed by atoms with Crippen molar-refractivity contribution < 1.29 is 139 Å². The second-order valence-electron chi connectivity index (χ2n) is 23.6. The fraction of sp³-hybridized carbons (Fsp3) is 0.941. The third kappa shape index (κ3) is 10.9. The molecule has 17 N–H and O–H groups in total. The molecule has 9 fully saturated rings. The molecule has 2 bridgehead atoms. The monoisotopic (exact) mass is 1140 g/mol. The Morgan fingerprint density at radius 1 is 0.494 bits per heavy atom. The van der Waals surface area contributed by atoms with Crippen LogP contribution < -0.4 is 0 Å². The van der Waals surface area contributed by atoms with Crippen molar-refractivity contribution in [2.75, 3.05) is 33.0 Å². The van der Waals surface area contributed by atoms with Gasteiger partial charge in [0.25, 0.3) is 0 Å². The molecule has 28 nitrogen and oxygen atoms in total. The number of carbonyl (C=O) groups is 1. The molecule has 9 rings (SSSR count). The first-order valence-electron chi connectivity index (χ1n) is 26.9. The lowest BCUT2D eigenvalue weighted by Crippen LogP contribution is -2.68. The van der Waals surface area contributed by atoms with E-state index in [1.807, 2.05) is 0 Å². The maximum atomic E-state index is 14.9. The number of ether oxygens (including phenoxy) is 10. The van der Waals surface area contributed by atoms with Gasteiger partial charge in [0.05, 0.1) is 44.1 Å². The summed E-state index contributed by atoms with van der Waals surface area (Å²) < 4.78 is 60.3. The van der Waals surface area contributed by atoms with Gasteiger partial charge in [0, 0.05) is 0 Å². The highest BCUT2D eigenvalue weighted by Gasteiger charge is 2.70. The number of carbonyl (C=O) groups excluding carboxylic acids is 1. The SMILES string of the molecule is C.C=C1C[C@@]23CCC4[C@](C)(C(=O)OC5OC(CO)C(O)C(O)C5OC5OC(CO)C(O)C(O)C5O)CCC[C@@]4(C)[C@@H]2CCC1(OC1OC(CO)C(O)C(OC2OC(CO)C(O)C(O)C2O)C1OC1OC(CO)C(O)C(O)C1O)C3. The molecule has 31 atom stereocenters. The van der Waals surface area contributed by atoms with E-state index in [1.54, 1.807) is 6.92 Å². The summed E-state index contributed by atoms with van der Waals surface area (Å²) in [4.78, 5) is 14.9. The van der Waals surface area contributed by atoms with Crippen LogP contribution in [0.1, 0.15) is 79.1 Å². The van der Waals surface area contributed by atoms with Crippen LogP contribution in [0.3, 0.4) is 0 Å². The third-order valence-corrected chi connectivity index (χ3v) is 19.2. The number of aliphatic hydroxyl groups is 17. The largest absolute Gasteiger partial charge is 0.432 e. The fourth-order valence-electron chi connectivity index (χ4n) is 15.0. The van der Waals surface area contributed by atoms with Gasteiger partial charge in [-0.3, -0.25) is 4.79 Å². The normalized spacial score (nSPS) is 53.8. The molecular weight excluding hydrogens is 1060 g/mol. The first kappa shape index (κ1) is 63.2. The van der Waals surface area contributed by atoms with Crippen molar-refractivity contribution in [3.05, 3.63) is 12.2 Å². The molecule has 4 saturated carbocycles. The van der Waals surface area contributed by atoms with E-state index >= 15 is 0 Å². The second-order valence-corrected chi connectivity index (χ2v) is 23.6. The van der Waals surface area contributed by atoms with Crippen molar-refractivity contribution in [3.8, 4) is 0 Å². The van der Waals surface area contributed by atoms with Crippen LogP contribution in [0.25, 0.3) is 0 Å². The summed E-state index contributed by atoms with van der Waals surface area (Å²) in [5.41, 5.74) is -2.81. The van der Waals surface area contributed by atoms with Crippen LogP contribution in [0.15, 0.2) is 12.2 Å². The molecule has 456 valence electrons. The minimum Gasteiger partial charge on any atom is -0.432 e. The maximum absolute atomic E-state index is 14.9. The topological polar surface area (TPSA) is 453 Å². The van der Waals surface area contributed by atoms with Gasteiger partial charge >= 0.3 is 5.97 Å². The second kappa shape index (κ2) is 24.3.